The van der Waals surface area contributed by atoms with Gasteiger partial charge in [-0.3, -0.25) is 0 Å². The average Bonchev–Trinajstić information content (AvgIpc) is 2.54. The molecule has 84 valence electrons. The first-order chi connectivity index (χ1) is 7.57. The normalized spacial score (nSPS) is 23.1. The summed E-state index contributed by atoms with van der Waals surface area (Å²) in [6, 6.07) is 10.2. The highest BCUT2D eigenvalue weighted by molar-refractivity contribution is 6.33. The lowest BCUT2D eigenvalue weighted by atomic mass is 9.89. The van der Waals surface area contributed by atoms with Crippen LogP contribution in [0.15, 0.2) is 24.3 Å². The van der Waals surface area contributed by atoms with Crippen LogP contribution in [0.1, 0.15) is 20.3 Å². The van der Waals surface area contributed by atoms with Gasteiger partial charge in [0.15, 0.2) is 0 Å². The summed E-state index contributed by atoms with van der Waals surface area (Å²) in [5.41, 5.74) is 0.895. The van der Waals surface area contributed by atoms with Crippen molar-refractivity contribution >= 4 is 17.3 Å². The second-order valence-corrected chi connectivity index (χ2v) is 5.13. The van der Waals surface area contributed by atoms with Gasteiger partial charge in [-0.2, -0.15) is 5.26 Å². The minimum Gasteiger partial charge on any atom is -0.364 e. The van der Waals surface area contributed by atoms with Crippen molar-refractivity contribution in [1.82, 2.24) is 0 Å². The van der Waals surface area contributed by atoms with Gasteiger partial charge in [-0.15, -0.1) is 0 Å². The molecule has 0 radical (unpaired) electrons. The van der Waals surface area contributed by atoms with Crippen LogP contribution in [0.2, 0.25) is 5.02 Å². The van der Waals surface area contributed by atoms with Crippen molar-refractivity contribution in [2.45, 2.75) is 25.8 Å². The fourth-order valence-corrected chi connectivity index (χ4v) is 2.65. The minimum absolute atomic E-state index is 0.0729. The van der Waals surface area contributed by atoms with Crippen LogP contribution in [0.4, 0.5) is 5.69 Å². The Kier molecular flexibility index (Phi) is 2.82. The first kappa shape index (κ1) is 11.3. The third kappa shape index (κ3) is 1.66. The highest BCUT2D eigenvalue weighted by atomic mass is 35.5. The van der Waals surface area contributed by atoms with E-state index in [0.717, 1.165) is 23.7 Å². The highest BCUT2D eigenvalue weighted by Gasteiger charge is 2.41. The molecule has 1 heterocycles. The Balaban J connectivity index is 2.38. The van der Waals surface area contributed by atoms with Crippen LogP contribution in [0, 0.1) is 17.2 Å². The first-order valence-corrected chi connectivity index (χ1v) is 5.87. The summed E-state index contributed by atoms with van der Waals surface area (Å²) in [6.45, 7) is 5.11. The average molecular weight is 235 g/mol. The number of nitriles is 1. The molecule has 1 saturated heterocycles. The lowest BCUT2D eigenvalue weighted by Crippen LogP contribution is -2.42. The fraction of sp³-hybridized carbons (Fsp3) is 0.462. The molecular formula is C13H15ClN2. The molecule has 0 spiro atoms. The quantitative estimate of drug-likeness (QED) is 0.744. The van der Waals surface area contributed by atoms with Crippen LogP contribution < -0.4 is 4.90 Å². The Hall–Kier alpha value is -1.20. The number of para-hydroxylation sites is 1. The first-order valence-electron chi connectivity index (χ1n) is 5.49. The predicted molar refractivity (Wildman–Crippen MR) is 66.6 cm³/mol. The van der Waals surface area contributed by atoms with E-state index in [1.54, 1.807) is 0 Å². The molecule has 1 fully saturated rings. The SMILES string of the molecule is CC1(C)C(C#N)CCN1c1ccccc1Cl. The number of nitrogens with zero attached hydrogens (tertiary/aromatic N) is 2. The Morgan fingerprint density at radius 1 is 1.44 bits per heavy atom. The van der Waals surface area contributed by atoms with Gasteiger partial charge in [-0.25, -0.2) is 0 Å². The zero-order chi connectivity index (χ0) is 11.8. The van der Waals surface area contributed by atoms with Gasteiger partial charge in [0, 0.05) is 6.54 Å². The van der Waals surface area contributed by atoms with E-state index >= 15 is 0 Å². The summed E-state index contributed by atoms with van der Waals surface area (Å²) in [4.78, 5) is 2.24. The van der Waals surface area contributed by atoms with Crippen LogP contribution in [-0.2, 0) is 0 Å². The molecule has 0 aromatic heterocycles. The van der Waals surface area contributed by atoms with Crippen LogP contribution in [0.3, 0.4) is 0 Å². The van der Waals surface area contributed by atoms with E-state index in [-0.39, 0.29) is 11.5 Å². The van der Waals surface area contributed by atoms with Gasteiger partial charge in [0.2, 0.25) is 0 Å². The molecule has 0 N–H and O–H groups in total. The molecule has 1 atom stereocenters. The van der Waals surface area contributed by atoms with Crippen molar-refractivity contribution in [3.63, 3.8) is 0 Å². The monoisotopic (exact) mass is 234 g/mol. The molecule has 0 amide bonds. The van der Waals surface area contributed by atoms with Crippen molar-refractivity contribution in [3.05, 3.63) is 29.3 Å². The van der Waals surface area contributed by atoms with Crippen molar-refractivity contribution in [2.24, 2.45) is 5.92 Å². The number of anilines is 1. The zero-order valence-electron chi connectivity index (χ0n) is 9.57. The molecule has 0 bridgehead atoms. The van der Waals surface area contributed by atoms with E-state index in [9.17, 15) is 0 Å². The number of halogens is 1. The zero-order valence-corrected chi connectivity index (χ0v) is 10.3. The second kappa shape index (κ2) is 3.99. The molecule has 1 aromatic carbocycles. The lowest BCUT2D eigenvalue weighted by molar-refractivity contribution is 0.439. The van der Waals surface area contributed by atoms with E-state index in [1.807, 2.05) is 24.3 Å². The van der Waals surface area contributed by atoms with Gasteiger partial charge >= 0.3 is 0 Å². The molecule has 2 nitrogen and oxygen atoms in total. The van der Waals surface area contributed by atoms with Gasteiger partial charge in [-0.05, 0) is 32.4 Å². The number of benzene rings is 1. The molecule has 16 heavy (non-hydrogen) atoms. The number of hydrogen-bond acceptors (Lipinski definition) is 2. The Labute approximate surface area is 101 Å². The van der Waals surface area contributed by atoms with Gasteiger partial charge in [0.1, 0.15) is 0 Å². The molecule has 1 aliphatic heterocycles. The van der Waals surface area contributed by atoms with Gasteiger partial charge in [0.25, 0.3) is 0 Å². The number of hydrogen-bond donors (Lipinski definition) is 0. The summed E-state index contributed by atoms with van der Waals surface area (Å²) in [6.07, 6.45) is 0.911. The van der Waals surface area contributed by atoms with E-state index in [2.05, 4.69) is 24.8 Å². The Morgan fingerprint density at radius 2 is 2.12 bits per heavy atom. The molecule has 0 saturated carbocycles. The van der Waals surface area contributed by atoms with E-state index < -0.39 is 0 Å². The largest absolute Gasteiger partial charge is 0.364 e. The summed E-state index contributed by atoms with van der Waals surface area (Å²) < 4.78 is 0. The Bertz CT molecular complexity index is 434. The summed E-state index contributed by atoms with van der Waals surface area (Å²) in [5.74, 6) is 0.0729. The number of rotatable bonds is 1. The lowest BCUT2D eigenvalue weighted by Gasteiger charge is -2.35. The fourth-order valence-electron chi connectivity index (χ4n) is 2.41. The second-order valence-electron chi connectivity index (χ2n) is 4.73. The van der Waals surface area contributed by atoms with E-state index in [4.69, 9.17) is 16.9 Å². The van der Waals surface area contributed by atoms with Crippen molar-refractivity contribution < 1.29 is 0 Å². The van der Waals surface area contributed by atoms with Crippen LogP contribution in [0.5, 0.6) is 0 Å². The molecule has 1 aliphatic rings. The predicted octanol–water partition coefficient (Wildman–Crippen LogP) is 3.47. The Morgan fingerprint density at radius 3 is 2.69 bits per heavy atom. The van der Waals surface area contributed by atoms with Gasteiger partial charge in [-0.1, -0.05) is 23.7 Å². The maximum atomic E-state index is 9.13. The molecule has 1 aromatic rings. The standard InChI is InChI=1S/C13H15ClN2/c1-13(2)10(9-15)7-8-16(13)12-6-4-3-5-11(12)14/h3-6,10H,7-8H2,1-2H3. The molecule has 1 unspecified atom stereocenters. The highest BCUT2D eigenvalue weighted by Crippen LogP contribution is 2.40. The van der Waals surface area contributed by atoms with Crippen molar-refractivity contribution in [2.75, 3.05) is 11.4 Å². The molecule has 0 aliphatic carbocycles. The van der Waals surface area contributed by atoms with E-state index in [1.165, 1.54) is 0 Å². The van der Waals surface area contributed by atoms with Gasteiger partial charge in [0.05, 0.1) is 28.2 Å². The van der Waals surface area contributed by atoms with E-state index in [0.29, 0.717) is 0 Å². The van der Waals surface area contributed by atoms with Crippen LogP contribution >= 0.6 is 11.6 Å². The maximum Gasteiger partial charge on any atom is 0.0706 e. The smallest absolute Gasteiger partial charge is 0.0706 e. The van der Waals surface area contributed by atoms with Crippen LogP contribution in [-0.4, -0.2) is 12.1 Å². The summed E-state index contributed by atoms with van der Waals surface area (Å²) in [7, 11) is 0. The van der Waals surface area contributed by atoms with Gasteiger partial charge < -0.3 is 4.90 Å². The minimum atomic E-state index is -0.139. The third-order valence-corrected chi connectivity index (χ3v) is 3.81. The topological polar surface area (TPSA) is 27.0 Å². The van der Waals surface area contributed by atoms with Crippen molar-refractivity contribution in [1.29, 1.82) is 5.26 Å². The maximum absolute atomic E-state index is 9.13. The summed E-state index contributed by atoms with van der Waals surface area (Å²) >= 11 is 6.20. The molecular weight excluding hydrogens is 220 g/mol. The molecule has 3 heteroatoms. The summed E-state index contributed by atoms with van der Waals surface area (Å²) in [5, 5.41) is 9.88. The van der Waals surface area contributed by atoms with Crippen LogP contribution in [0.25, 0.3) is 0 Å². The van der Waals surface area contributed by atoms with Crippen molar-refractivity contribution in [3.8, 4) is 6.07 Å². The molecule has 2 rings (SSSR count). The third-order valence-electron chi connectivity index (χ3n) is 3.49.